The van der Waals surface area contributed by atoms with Crippen LogP contribution >= 0.6 is 0 Å². The van der Waals surface area contributed by atoms with E-state index in [0.29, 0.717) is 12.0 Å². The molecule has 1 fully saturated rings. The van der Waals surface area contributed by atoms with Crippen molar-refractivity contribution in [3.63, 3.8) is 0 Å². The van der Waals surface area contributed by atoms with Gasteiger partial charge in [-0.05, 0) is 36.1 Å². The summed E-state index contributed by atoms with van der Waals surface area (Å²) in [5.74, 6) is 0.728. The average molecular weight is 323 g/mol. The first-order valence-electron chi connectivity index (χ1n) is 8.50. The van der Waals surface area contributed by atoms with E-state index in [9.17, 15) is 9.90 Å². The summed E-state index contributed by atoms with van der Waals surface area (Å²) in [4.78, 5) is 19.2. The van der Waals surface area contributed by atoms with Gasteiger partial charge in [0.1, 0.15) is 5.82 Å². The van der Waals surface area contributed by atoms with Gasteiger partial charge in [0.2, 0.25) is 0 Å². The van der Waals surface area contributed by atoms with Crippen LogP contribution in [0.25, 0.3) is 0 Å². The molecule has 1 saturated heterocycles. The minimum Gasteiger partial charge on any atom is -0.390 e. The first-order valence-corrected chi connectivity index (χ1v) is 8.50. The predicted octanol–water partition coefficient (Wildman–Crippen LogP) is 2.07. The Kier molecular flexibility index (Phi) is 3.94. The fraction of sp³-hybridized carbons (Fsp3) is 0.368. The number of nitrogens with zero attached hydrogens (tertiary/aromatic N) is 2. The van der Waals surface area contributed by atoms with Crippen LogP contribution in [-0.2, 0) is 6.42 Å². The molecule has 2 N–H and O–H groups in total. The molecule has 2 heterocycles. The number of nitrogens with one attached hydrogen (secondary N) is 1. The van der Waals surface area contributed by atoms with Gasteiger partial charge in [-0.15, -0.1) is 0 Å². The lowest BCUT2D eigenvalue weighted by atomic mass is 10.1. The standard InChI is InChI=1S/C19H21N3O2/c23-16-11-13-5-1-2-6-15(13)18(16)21-19(24)14-7-8-17(20-12-14)22-9-3-4-10-22/h1-2,5-8,12,16,18,23H,3-4,9-11H2,(H,21,24). The van der Waals surface area contributed by atoms with Gasteiger partial charge in [0.15, 0.2) is 0 Å². The molecule has 1 aromatic heterocycles. The smallest absolute Gasteiger partial charge is 0.253 e. The fourth-order valence-corrected chi connectivity index (χ4v) is 3.63. The SMILES string of the molecule is O=C(NC1c2ccccc2CC1O)c1ccc(N2CCCC2)nc1. The van der Waals surface area contributed by atoms with Crippen LogP contribution in [0.15, 0.2) is 42.6 Å². The molecule has 2 unspecified atom stereocenters. The van der Waals surface area contributed by atoms with E-state index in [1.807, 2.05) is 36.4 Å². The highest BCUT2D eigenvalue weighted by Crippen LogP contribution is 2.31. The van der Waals surface area contributed by atoms with Crippen LogP contribution in [-0.4, -0.2) is 35.2 Å². The quantitative estimate of drug-likeness (QED) is 0.907. The van der Waals surface area contributed by atoms with E-state index in [1.54, 1.807) is 6.20 Å². The van der Waals surface area contributed by atoms with Gasteiger partial charge in [-0.3, -0.25) is 4.79 Å². The lowest BCUT2D eigenvalue weighted by Crippen LogP contribution is -2.34. The Bertz CT molecular complexity index is 739. The number of fused-ring (bicyclic) bond motifs is 1. The summed E-state index contributed by atoms with van der Waals surface area (Å²) in [7, 11) is 0. The van der Waals surface area contributed by atoms with Crippen molar-refractivity contribution in [1.82, 2.24) is 10.3 Å². The zero-order valence-corrected chi connectivity index (χ0v) is 13.5. The predicted molar refractivity (Wildman–Crippen MR) is 92.0 cm³/mol. The summed E-state index contributed by atoms with van der Waals surface area (Å²) in [5.41, 5.74) is 2.62. The molecule has 0 bridgehead atoms. The fourth-order valence-electron chi connectivity index (χ4n) is 3.63. The van der Waals surface area contributed by atoms with Crippen LogP contribution in [0.3, 0.4) is 0 Å². The van der Waals surface area contributed by atoms with Gasteiger partial charge in [-0.1, -0.05) is 24.3 Å². The Hall–Kier alpha value is -2.40. The highest BCUT2D eigenvalue weighted by atomic mass is 16.3. The number of aromatic nitrogens is 1. The third kappa shape index (κ3) is 2.76. The molecule has 4 rings (SSSR count). The molecule has 1 aliphatic heterocycles. The lowest BCUT2D eigenvalue weighted by Gasteiger charge is -2.19. The second kappa shape index (κ2) is 6.24. The molecule has 2 aliphatic rings. The van der Waals surface area contributed by atoms with Crippen LogP contribution in [0.2, 0.25) is 0 Å². The van der Waals surface area contributed by atoms with Crippen molar-refractivity contribution in [3.8, 4) is 0 Å². The number of aliphatic hydroxyl groups excluding tert-OH is 1. The highest BCUT2D eigenvalue weighted by Gasteiger charge is 2.32. The van der Waals surface area contributed by atoms with Crippen molar-refractivity contribution in [3.05, 3.63) is 59.3 Å². The Morgan fingerprint density at radius 1 is 1.17 bits per heavy atom. The minimum absolute atomic E-state index is 0.198. The van der Waals surface area contributed by atoms with Gasteiger partial charge < -0.3 is 15.3 Å². The van der Waals surface area contributed by atoms with Crippen LogP contribution in [0.4, 0.5) is 5.82 Å². The number of pyridine rings is 1. The van der Waals surface area contributed by atoms with E-state index < -0.39 is 6.10 Å². The molecular formula is C19H21N3O2. The van der Waals surface area contributed by atoms with Crippen molar-refractivity contribution in [2.75, 3.05) is 18.0 Å². The molecule has 2 atom stereocenters. The van der Waals surface area contributed by atoms with Gasteiger partial charge >= 0.3 is 0 Å². The normalized spacial score (nSPS) is 22.5. The lowest BCUT2D eigenvalue weighted by molar-refractivity contribution is 0.0858. The van der Waals surface area contributed by atoms with Crippen LogP contribution in [0.5, 0.6) is 0 Å². The molecule has 5 nitrogen and oxygen atoms in total. The number of carbonyl (C=O) groups excluding carboxylic acids is 1. The van der Waals surface area contributed by atoms with Gasteiger partial charge in [0.25, 0.3) is 5.91 Å². The molecule has 1 amide bonds. The number of amides is 1. The molecule has 0 spiro atoms. The van der Waals surface area contributed by atoms with E-state index in [4.69, 9.17) is 0 Å². The monoisotopic (exact) mass is 323 g/mol. The van der Waals surface area contributed by atoms with Crippen molar-refractivity contribution in [1.29, 1.82) is 0 Å². The number of rotatable bonds is 3. The number of benzene rings is 1. The second-order valence-electron chi connectivity index (χ2n) is 6.52. The molecular weight excluding hydrogens is 302 g/mol. The molecule has 1 aliphatic carbocycles. The minimum atomic E-state index is -0.580. The number of hydrogen-bond acceptors (Lipinski definition) is 4. The van der Waals surface area contributed by atoms with E-state index in [-0.39, 0.29) is 11.9 Å². The Labute approximate surface area is 141 Å². The van der Waals surface area contributed by atoms with Gasteiger partial charge in [-0.25, -0.2) is 4.98 Å². The summed E-state index contributed by atoms with van der Waals surface area (Å²) in [6.45, 7) is 2.06. The van der Waals surface area contributed by atoms with Gasteiger partial charge in [0.05, 0.1) is 17.7 Å². The number of hydrogen-bond donors (Lipinski definition) is 2. The van der Waals surface area contributed by atoms with Crippen LogP contribution < -0.4 is 10.2 Å². The van der Waals surface area contributed by atoms with Crippen molar-refractivity contribution in [2.24, 2.45) is 0 Å². The summed E-state index contributed by atoms with van der Waals surface area (Å²) in [5, 5.41) is 13.2. The summed E-state index contributed by atoms with van der Waals surface area (Å²) >= 11 is 0. The zero-order valence-electron chi connectivity index (χ0n) is 13.5. The van der Waals surface area contributed by atoms with Crippen molar-refractivity contribution >= 4 is 11.7 Å². The molecule has 1 aromatic carbocycles. The van der Waals surface area contributed by atoms with Gasteiger partial charge in [0, 0.05) is 25.7 Å². The average Bonchev–Trinajstić information content (AvgIpc) is 3.24. The molecule has 24 heavy (non-hydrogen) atoms. The van der Waals surface area contributed by atoms with Crippen molar-refractivity contribution in [2.45, 2.75) is 31.4 Å². The topological polar surface area (TPSA) is 65.5 Å². The summed E-state index contributed by atoms with van der Waals surface area (Å²) in [6.07, 6.45) is 4.01. The molecule has 0 radical (unpaired) electrons. The molecule has 2 aromatic rings. The molecule has 124 valence electrons. The molecule has 5 heteroatoms. The van der Waals surface area contributed by atoms with E-state index in [2.05, 4.69) is 15.2 Å². The maximum Gasteiger partial charge on any atom is 0.253 e. The summed E-state index contributed by atoms with van der Waals surface area (Å²) < 4.78 is 0. The summed E-state index contributed by atoms with van der Waals surface area (Å²) in [6, 6.07) is 11.2. The largest absolute Gasteiger partial charge is 0.390 e. The third-order valence-corrected chi connectivity index (χ3v) is 4.93. The second-order valence-corrected chi connectivity index (χ2v) is 6.52. The maximum atomic E-state index is 12.5. The first kappa shape index (κ1) is 15.1. The number of carbonyl (C=O) groups is 1. The third-order valence-electron chi connectivity index (χ3n) is 4.93. The maximum absolute atomic E-state index is 12.5. The highest BCUT2D eigenvalue weighted by molar-refractivity contribution is 5.94. The van der Waals surface area contributed by atoms with Gasteiger partial charge in [-0.2, -0.15) is 0 Å². The van der Waals surface area contributed by atoms with E-state index in [1.165, 1.54) is 12.8 Å². The Morgan fingerprint density at radius 3 is 2.71 bits per heavy atom. The first-order chi connectivity index (χ1) is 11.7. The van der Waals surface area contributed by atoms with E-state index >= 15 is 0 Å². The van der Waals surface area contributed by atoms with E-state index in [0.717, 1.165) is 30.0 Å². The Morgan fingerprint density at radius 2 is 1.96 bits per heavy atom. The number of aliphatic hydroxyl groups is 1. The van der Waals surface area contributed by atoms with Crippen molar-refractivity contribution < 1.29 is 9.90 Å². The zero-order chi connectivity index (χ0) is 16.5. The van der Waals surface area contributed by atoms with Crippen LogP contribution in [0, 0.1) is 0 Å². The van der Waals surface area contributed by atoms with Crippen LogP contribution in [0.1, 0.15) is 40.4 Å². The Balaban J connectivity index is 1.48. The number of anilines is 1. The molecule has 0 saturated carbocycles.